The lowest BCUT2D eigenvalue weighted by molar-refractivity contribution is -0.156. The van der Waals surface area contributed by atoms with Gasteiger partial charge in [0.15, 0.2) is 5.60 Å². The Labute approximate surface area is 108 Å². The minimum Gasteiger partial charge on any atom is -0.479 e. The summed E-state index contributed by atoms with van der Waals surface area (Å²) in [6.45, 7) is 6.99. The van der Waals surface area contributed by atoms with Crippen molar-refractivity contribution in [1.82, 2.24) is 5.32 Å². The van der Waals surface area contributed by atoms with E-state index >= 15 is 0 Å². The van der Waals surface area contributed by atoms with Crippen LogP contribution in [0.5, 0.6) is 0 Å². The minimum absolute atomic E-state index is 0.0449. The molecule has 18 heavy (non-hydrogen) atoms. The molecule has 6 nitrogen and oxygen atoms in total. The van der Waals surface area contributed by atoms with E-state index in [2.05, 4.69) is 5.32 Å². The lowest BCUT2D eigenvalue weighted by Crippen LogP contribution is -2.49. The molecule has 106 valence electrons. The van der Waals surface area contributed by atoms with Crippen molar-refractivity contribution in [1.29, 1.82) is 0 Å². The van der Waals surface area contributed by atoms with E-state index in [1.165, 1.54) is 0 Å². The van der Waals surface area contributed by atoms with Gasteiger partial charge in [-0.3, -0.25) is 4.79 Å². The summed E-state index contributed by atoms with van der Waals surface area (Å²) in [6.07, 6.45) is 0.602. The summed E-state index contributed by atoms with van der Waals surface area (Å²) >= 11 is 0. The van der Waals surface area contributed by atoms with Gasteiger partial charge in [0.1, 0.15) is 0 Å². The molecule has 0 aromatic carbocycles. The molecular formula is C12H24N2O4. The predicted octanol–water partition coefficient (Wildman–Crippen LogP) is -0.0507. The van der Waals surface area contributed by atoms with Gasteiger partial charge >= 0.3 is 5.97 Å². The van der Waals surface area contributed by atoms with Gasteiger partial charge in [-0.05, 0) is 18.8 Å². The van der Waals surface area contributed by atoms with Crippen molar-refractivity contribution in [2.75, 3.05) is 13.1 Å². The SMILES string of the molecule is CC(C)(C)CC(CN)C(=O)NCC(C)(O)C(=O)O. The quantitative estimate of drug-likeness (QED) is 0.535. The Morgan fingerprint density at radius 2 is 1.78 bits per heavy atom. The summed E-state index contributed by atoms with van der Waals surface area (Å²) in [5.74, 6) is -2.08. The molecule has 0 aliphatic rings. The van der Waals surface area contributed by atoms with Crippen LogP contribution in [0.3, 0.4) is 0 Å². The van der Waals surface area contributed by atoms with Crippen molar-refractivity contribution in [3.63, 3.8) is 0 Å². The van der Waals surface area contributed by atoms with Crippen LogP contribution in [0.4, 0.5) is 0 Å². The van der Waals surface area contributed by atoms with Gasteiger partial charge < -0.3 is 21.3 Å². The predicted molar refractivity (Wildman–Crippen MR) is 67.9 cm³/mol. The molecular weight excluding hydrogens is 236 g/mol. The normalized spacial score (nSPS) is 16.8. The Balaban J connectivity index is 4.43. The molecule has 0 aliphatic heterocycles. The van der Waals surface area contributed by atoms with Crippen molar-refractivity contribution in [3.05, 3.63) is 0 Å². The Morgan fingerprint density at radius 1 is 1.28 bits per heavy atom. The number of nitrogens with one attached hydrogen (secondary N) is 1. The van der Waals surface area contributed by atoms with Gasteiger partial charge in [-0.1, -0.05) is 20.8 Å². The van der Waals surface area contributed by atoms with Crippen LogP contribution in [0.2, 0.25) is 0 Å². The second-order valence-corrected chi connectivity index (χ2v) is 5.99. The zero-order valence-electron chi connectivity index (χ0n) is 11.5. The Morgan fingerprint density at radius 3 is 2.11 bits per heavy atom. The molecule has 0 heterocycles. The number of hydrogen-bond donors (Lipinski definition) is 4. The van der Waals surface area contributed by atoms with E-state index in [0.29, 0.717) is 6.42 Å². The fraction of sp³-hybridized carbons (Fsp3) is 0.833. The van der Waals surface area contributed by atoms with Crippen LogP contribution in [0.25, 0.3) is 0 Å². The number of hydrogen-bond acceptors (Lipinski definition) is 4. The molecule has 0 fully saturated rings. The van der Waals surface area contributed by atoms with E-state index in [1.54, 1.807) is 0 Å². The maximum Gasteiger partial charge on any atom is 0.337 e. The number of aliphatic carboxylic acids is 1. The molecule has 0 saturated carbocycles. The van der Waals surface area contributed by atoms with Crippen molar-refractivity contribution < 1.29 is 19.8 Å². The van der Waals surface area contributed by atoms with Crippen molar-refractivity contribution in [2.45, 2.75) is 39.7 Å². The molecule has 5 N–H and O–H groups in total. The largest absolute Gasteiger partial charge is 0.479 e. The third-order valence-corrected chi connectivity index (χ3v) is 2.58. The van der Waals surface area contributed by atoms with Gasteiger partial charge in [0.25, 0.3) is 0 Å². The molecule has 0 aromatic heterocycles. The summed E-state index contributed by atoms with van der Waals surface area (Å²) in [6, 6.07) is 0. The van der Waals surface area contributed by atoms with Crippen LogP contribution in [0.15, 0.2) is 0 Å². The second-order valence-electron chi connectivity index (χ2n) is 5.99. The number of amides is 1. The highest BCUT2D eigenvalue weighted by Gasteiger charge is 2.32. The van der Waals surface area contributed by atoms with Crippen LogP contribution in [-0.4, -0.2) is 40.8 Å². The highest BCUT2D eigenvalue weighted by atomic mass is 16.4. The fourth-order valence-electron chi connectivity index (χ4n) is 1.50. The Hall–Kier alpha value is -1.14. The van der Waals surface area contributed by atoms with E-state index in [-0.39, 0.29) is 30.3 Å². The number of carbonyl (C=O) groups excluding carboxylic acids is 1. The molecule has 0 aliphatic carbocycles. The summed E-state index contributed by atoms with van der Waals surface area (Å²) in [7, 11) is 0. The lowest BCUT2D eigenvalue weighted by Gasteiger charge is -2.25. The van der Waals surface area contributed by atoms with Crippen molar-refractivity contribution >= 4 is 11.9 Å². The first kappa shape index (κ1) is 16.9. The third-order valence-electron chi connectivity index (χ3n) is 2.58. The summed E-state index contributed by atoms with van der Waals surface area (Å²) in [5, 5.41) is 20.6. The molecule has 0 aromatic rings. The van der Waals surface area contributed by atoms with Gasteiger partial charge in [0, 0.05) is 6.54 Å². The third kappa shape index (κ3) is 5.97. The van der Waals surface area contributed by atoms with Gasteiger partial charge in [-0.2, -0.15) is 0 Å². The smallest absolute Gasteiger partial charge is 0.337 e. The standard InChI is InChI=1S/C12H24N2O4/c1-11(2,3)5-8(6-13)9(15)14-7-12(4,18)10(16)17/h8,18H,5-7,13H2,1-4H3,(H,14,15)(H,16,17). The van der Waals surface area contributed by atoms with E-state index in [1.807, 2.05) is 20.8 Å². The minimum atomic E-state index is -1.96. The molecule has 2 atom stereocenters. The van der Waals surface area contributed by atoms with Gasteiger partial charge in [-0.25, -0.2) is 4.79 Å². The number of carboxylic acid groups (broad SMARTS) is 1. The zero-order chi connectivity index (χ0) is 14.6. The van der Waals surface area contributed by atoms with Crippen molar-refractivity contribution in [3.8, 4) is 0 Å². The highest BCUT2D eigenvalue weighted by Crippen LogP contribution is 2.24. The van der Waals surface area contributed by atoms with E-state index in [0.717, 1.165) is 6.92 Å². The molecule has 1 amide bonds. The van der Waals surface area contributed by atoms with E-state index < -0.39 is 11.6 Å². The van der Waals surface area contributed by atoms with Gasteiger partial charge in [0.2, 0.25) is 5.91 Å². The molecule has 6 heteroatoms. The molecule has 0 spiro atoms. The number of nitrogens with two attached hydrogens (primary N) is 1. The first-order valence-corrected chi connectivity index (χ1v) is 5.93. The fourth-order valence-corrected chi connectivity index (χ4v) is 1.50. The van der Waals surface area contributed by atoms with E-state index in [4.69, 9.17) is 10.8 Å². The number of rotatable bonds is 6. The first-order chi connectivity index (χ1) is 7.99. The molecule has 0 bridgehead atoms. The number of aliphatic hydroxyl groups is 1. The monoisotopic (exact) mass is 260 g/mol. The molecule has 0 rings (SSSR count). The second kappa shape index (κ2) is 6.15. The summed E-state index contributed by atoms with van der Waals surface area (Å²) in [4.78, 5) is 22.5. The van der Waals surface area contributed by atoms with Crippen LogP contribution in [0.1, 0.15) is 34.1 Å². The average molecular weight is 260 g/mol. The maximum atomic E-state index is 11.8. The number of carboxylic acids is 1. The van der Waals surface area contributed by atoms with Gasteiger partial charge in [0.05, 0.1) is 12.5 Å². The van der Waals surface area contributed by atoms with Crippen LogP contribution in [0, 0.1) is 11.3 Å². The van der Waals surface area contributed by atoms with Crippen LogP contribution < -0.4 is 11.1 Å². The number of carbonyl (C=O) groups is 2. The zero-order valence-corrected chi connectivity index (χ0v) is 11.5. The van der Waals surface area contributed by atoms with Crippen molar-refractivity contribution in [2.24, 2.45) is 17.1 Å². The summed E-state index contributed by atoms with van der Waals surface area (Å²) in [5.41, 5.74) is 3.53. The van der Waals surface area contributed by atoms with E-state index in [9.17, 15) is 14.7 Å². The topological polar surface area (TPSA) is 113 Å². The highest BCUT2D eigenvalue weighted by molar-refractivity contribution is 5.81. The van der Waals surface area contributed by atoms with Crippen LogP contribution in [-0.2, 0) is 9.59 Å². The Kier molecular flexibility index (Phi) is 5.76. The Bertz CT molecular complexity index is 308. The van der Waals surface area contributed by atoms with Gasteiger partial charge in [-0.15, -0.1) is 0 Å². The lowest BCUT2D eigenvalue weighted by atomic mass is 9.84. The molecule has 2 unspecified atom stereocenters. The maximum absolute atomic E-state index is 11.8. The first-order valence-electron chi connectivity index (χ1n) is 5.93. The molecule has 0 radical (unpaired) electrons. The van der Waals surface area contributed by atoms with Crippen LogP contribution >= 0.6 is 0 Å². The average Bonchev–Trinajstić information content (AvgIpc) is 2.21. The summed E-state index contributed by atoms with van der Waals surface area (Å²) < 4.78 is 0. The molecule has 0 saturated heterocycles.